The van der Waals surface area contributed by atoms with E-state index in [1.807, 2.05) is 12.1 Å². The smallest absolute Gasteiger partial charge is 0.123 e. The molecule has 0 aromatic heterocycles. The van der Waals surface area contributed by atoms with E-state index < -0.39 is 0 Å². The summed E-state index contributed by atoms with van der Waals surface area (Å²) >= 11 is 0. The van der Waals surface area contributed by atoms with Crippen molar-refractivity contribution in [2.45, 2.75) is 32.6 Å². The zero-order valence-corrected chi connectivity index (χ0v) is 9.59. The Bertz CT molecular complexity index is 268. The zero-order valence-electron chi connectivity index (χ0n) is 9.59. The van der Waals surface area contributed by atoms with Crippen LogP contribution in [0.15, 0.2) is 24.3 Å². The maximum Gasteiger partial charge on any atom is 0.123 e. The average Bonchev–Trinajstić information content (AvgIpc) is 2.25. The number of benzene rings is 1. The summed E-state index contributed by atoms with van der Waals surface area (Å²) in [5.41, 5.74) is 1.24. The predicted molar refractivity (Wildman–Crippen MR) is 62.6 cm³/mol. The number of rotatable bonds is 6. The second-order valence-corrected chi connectivity index (χ2v) is 3.84. The molecule has 0 amide bonds. The molecule has 1 nitrogen and oxygen atoms in total. The summed E-state index contributed by atoms with van der Waals surface area (Å²) in [6.45, 7) is 6.26. The molecule has 2 heteroatoms. The van der Waals surface area contributed by atoms with Crippen molar-refractivity contribution >= 4 is 0 Å². The van der Waals surface area contributed by atoms with Crippen LogP contribution in [0.4, 0.5) is 4.39 Å². The van der Waals surface area contributed by atoms with E-state index in [9.17, 15) is 4.39 Å². The molecular formula is C13H20FN. The van der Waals surface area contributed by atoms with Crippen molar-refractivity contribution in [2.24, 2.45) is 0 Å². The van der Waals surface area contributed by atoms with Crippen LogP contribution >= 0.6 is 0 Å². The molecule has 0 fully saturated rings. The summed E-state index contributed by atoms with van der Waals surface area (Å²) in [5, 5.41) is 3.35. The van der Waals surface area contributed by atoms with Crippen molar-refractivity contribution in [3.63, 3.8) is 0 Å². The standard InChI is InChI=1S/C13H20FN/c1-3-5-12(10-15-4-2)11-6-8-13(14)9-7-11/h6-9,12,15H,3-5,10H2,1-2H3. The summed E-state index contributed by atoms with van der Waals surface area (Å²) in [6, 6.07) is 6.88. The van der Waals surface area contributed by atoms with E-state index in [1.165, 1.54) is 5.56 Å². The molecule has 0 spiro atoms. The van der Waals surface area contributed by atoms with Crippen molar-refractivity contribution in [3.05, 3.63) is 35.6 Å². The van der Waals surface area contributed by atoms with E-state index in [0.29, 0.717) is 5.92 Å². The van der Waals surface area contributed by atoms with Crippen molar-refractivity contribution in [1.29, 1.82) is 0 Å². The Balaban J connectivity index is 2.65. The maximum absolute atomic E-state index is 12.8. The van der Waals surface area contributed by atoms with Gasteiger partial charge in [0.25, 0.3) is 0 Å². The first-order valence-corrected chi connectivity index (χ1v) is 5.74. The van der Waals surface area contributed by atoms with E-state index in [4.69, 9.17) is 0 Å². The van der Waals surface area contributed by atoms with Crippen LogP contribution in [0.25, 0.3) is 0 Å². The van der Waals surface area contributed by atoms with Gasteiger partial charge in [-0.1, -0.05) is 32.4 Å². The maximum atomic E-state index is 12.8. The molecule has 0 saturated carbocycles. The van der Waals surface area contributed by atoms with Crippen molar-refractivity contribution in [3.8, 4) is 0 Å². The Hall–Kier alpha value is -0.890. The lowest BCUT2D eigenvalue weighted by Crippen LogP contribution is -2.21. The van der Waals surface area contributed by atoms with Crippen LogP contribution in [-0.2, 0) is 0 Å². The molecular weight excluding hydrogens is 189 g/mol. The summed E-state index contributed by atoms with van der Waals surface area (Å²) in [4.78, 5) is 0. The van der Waals surface area contributed by atoms with E-state index in [1.54, 1.807) is 12.1 Å². The highest BCUT2D eigenvalue weighted by Crippen LogP contribution is 2.20. The highest BCUT2D eigenvalue weighted by Gasteiger charge is 2.09. The van der Waals surface area contributed by atoms with E-state index in [-0.39, 0.29) is 5.82 Å². The van der Waals surface area contributed by atoms with Gasteiger partial charge in [-0.2, -0.15) is 0 Å². The van der Waals surface area contributed by atoms with Crippen LogP contribution in [0.1, 0.15) is 38.2 Å². The van der Waals surface area contributed by atoms with Gasteiger partial charge in [0, 0.05) is 6.54 Å². The van der Waals surface area contributed by atoms with Gasteiger partial charge in [0.2, 0.25) is 0 Å². The molecule has 0 aliphatic carbocycles. The van der Waals surface area contributed by atoms with Gasteiger partial charge >= 0.3 is 0 Å². The van der Waals surface area contributed by atoms with Crippen LogP contribution in [0, 0.1) is 5.82 Å². The summed E-state index contributed by atoms with van der Waals surface area (Å²) in [6.07, 6.45) is 2.31. The zero-order chi connectivity index (χ0) is 11.1. The number of halogens is 1. The van der Waals surface area contributed by atoms with E-state index in [2.05, 4.69) is 19.2 Å². The largest absolute Gasteiger partial charge is 0.316 e. The fourth-order valence-corrected chi connectivity index (χ4v) is 1.79. The molecule has 1 N–H and O–H groups in total. The van der Waals surface area contributed by atoms with Gasteiger partial charge in [-0.3, -0.25) is 0 Å². The van der Waals surface area contributed by atoms with Crippen LogP contribution < -0.4 is 5.32 Å². The molecule has 1 aromatic carbocycles. The van der Waals surface area contributed by atoms with E-state index >= 15 is 0 Å². The van der Waals surface area contributed by atoms with Crippen LogP contribution in [0.3, 0.4) is 0 Å². The first-order valence-electron chi connectivity index (χ1n) is 5.74. The van der Waals surface area contributed by atoms with Gasteiger partial charge in [-0.05, 0) is 36.6 Å². The molecule has 1 atom stereocenters. The van der Waals surface area contributed by atoms with Gasteiger partial charge in [0.15, 0.2) is 0 Å². The minimum absolute atomic E-state index is 0.155. The van der Waals surface area contributed by atoms with Gasteiger partial charge in [0.05, 0.1) is 0 Å². The minimum Gasteiger partial charge on any atom is -0.316 e. The molecule has 0 bridgehead atoms. The number of hydrogen-bond acceptors (Lipinski definition) is 1. The monoisotopic (exact) mass is 209 g/mol. The fourth-order valence-electron chi connectivity index (χ4n) is 1.79. The third kappa shape index (κ3) is 4.00. The molecule has 1 aromatic rings. The summed E-state index contributed by atoms with van der Waals surface area (Å²) in [7, 11) is 0. The minimum atomic E-state index is -0.155. The normalized spacial score (nSPS) is 12.7. The highest BCUT2D eigenvalue weighted by molar-refractivity contribution is 5.20. The Morgan fingerprint density at radius 2 is 1.87 bits per heavy atom. The molecule has 0 heterocycles. The second-order valence-electron chi connectivity index (χ2n) is 3.84. The van der Waals surface area contributed by atoms with Crippen molar-refractivity contribution < 1.29 is 4.39 Å². The lowest BCUT2D eigenvalue weighted by molar-refractivity contribution is 0.553. The van der Waals surface area contributed by atoms with Gasteiger partial charge in [-0.15, -0.1) is 0 Å². The molecule has 1 rings (SSSR count). The predicted octanol–water partition coefficient (Wildman–Crippen LogP) is 3.32. The Morgan fingerprint density at radius 1 is 1.20 bits per heavy atom. The highest BCUT2D eigenvalue weighted by atomic mass is 19.1. The summed E-state index contributed by atoms with van der Waals surface area (Å²) in [5.74, 6) is 0.355. The van der Waals surface area contributed by atoms with Crippen molar-refractivity contribution in [1.82, 2.24) is 5.32 Å². The molecule has 0 aliphatic rings. The van der Waals surface area contributed by atoms with Gasteiger partial charge < -0.3 is 5.32 Å². The van der Waals surface area contributed by atoms with Crippen LogP contribution in [0.2, 0.25) is 0 Å². The Kier molecular flexibility index (Phi) is 5.33. The molecule has 0 radical (unpaired) electrons. The molecule has 0 aliphatic heterocycles. The topological polar surface area (TPSA) is 12.0 Å². The first-order chi connectivity index (χ1) is 7.27. The fraction of sp³-hybridized carbons (Fsp3) is 0.538. The molecule has 0 saturated heterocycles. The van der Waals surface area contributed by atoms with Crippen molar-refractivity contribution in [2.75, 3.05) is 13.1 Å². The summed E-state index contributed by atoms with van der Waals surface area (Å²) < 4.78 is 12.8. The lowest BCUT2D eigenvalue weighted by atomic mass is 9.94. The number of hydrogen-bond donors (Lipinski definition) is 1. The third-order valence-corrected chi connectivity index (χ3v) is 2.62. The third-order valence-electron chi connectivity index (χ3n) is 2.62. The molecule has 15 heavy (non-hydrogen) atoms. The second kappa shape index (κ2) is 6.57. The number of nitrogens with one attached hydrogen (secondary N) is 1. The SMILES string of the molecule is CCCC(CNCC)c1ccc(F)cc1. The lowest BCUT2D eigenvalue weighted by Gasteiger charge is -2.16. The quantitative estimate of drug-likeness (QED) is 0.758. The Labute approximate surface area is 91.7 Å². The first kappa shape index (κ1) is 12.2. The van der Waals surface area contributed by atoms with E-state index in [0.717, 1.165) is 25.9 Å². The van der Waals surface area contributed by atoms with Crippen LogP contribution in [-0.4, -0.2) is 13.1 Å². The number of likely N-dealkylation sites (N-methyl/N-ethyl adjacent to an activating group) is 1. The average molecular weight is 209 g/mol. The van der Waals surface area contributed by atoms with Gasteiger partial charge in [0.1, 0.15) is 5.82 Å². The van der Waals surface area contributed by atoms with Gasteiger partial charge in [-0.25, -0.2) is 4.39 Å². The Morgan fingerprint density at radius 3 is 2.40 bits per heavy atom. The van der Waals surface area contributed by atoms with Crippen LogP contribution in [0.5, 0.6) is 0 Å². The molecule has 1 unspecified atom stereocenters. The molecule has 84 valence electrons.